The fourth-order valence-electron chi connectivity index (χ4n) is 2.84. The van der Waals surface area contributed by atoms with E-state index in [0.29, 0.717) is 12.6 Å². The zero-order chi connectivity index (χ0) is 15.0. The molecule has 1 N–H and O–H groups in total. The van der Waals surface area contributed by atoms with Crippen LogP contribution in [-0.2, 0) is 13.1 Å². The van der Waals surface area contributed by atoms with Crippen LogP contribution in [-0.4, -0.2) is 20.3 Å². The van der Waals surface area contributed by atoms with Crippen LogP contribution in [0.15, 0.2) is 18.3 Å². The minimum absolute atomic E-state index is 0.0129. The number of nitrogens with one attached hydrogen (secondary N) is 1. The third-order valence-corrected chi connectivity index (χ3v) is 4.09. The molecule has 0 aromatic carbocycles. The number of hydrogen-bond acceptors (Lipinski definition) is 2. The average molecular weight is 286 g/mol. The van der Waals surface area contributed by atoms with Gasteiger partial charge in [0.25, 0.3) is 5.91 Å². The molecule has 2 heterocycles. The Balaban J connectivity index is 1.69. The van der Waals surface area contributed by atoms with Gasteiger partial charge >= 0.3 is 0 Å². The average Bonchev–Trinajstić information content (AvgIpc) is 3.10. The summed E-state index contributed by atoms with van der Waals surface area (Å²) >= 11 is 0. The largest absolute Gasteiger partial charge is 0.346 e. The molecule has 0 radical (unpaired) electrons. The van der Waals surface area contributed by atoms with Gasteiger partial charge in [-0.3, -0.25) is 9.48 Å². The fraction of sp³-hybridized carbons (Fsp3) is 0.500. The summed E-state index contributed by atoms with van der Waals surface area (Å²) in [5, 5.41) is 7.34. The molecule has 2 aromatic rings. The minimum Gasteiger partial charge on any atom is -0.346 e. The van der Waals surface area contributed by atoms with Crippen LogP contribution in [0, 0.1) is 13.8 Å². The summed E-state index contributed by atoms with van der Waals surface area (Å²) in [6.07, 6.45) is 4.39. The Morgan fingerprint density at radius 1 is 1.43 bits per heavy atom. The third kappa shape index (κ3) is 2.73. The maximum absolute atomic E-state index is 12.4. The standard InChI is InChI=1S/C16H22N4O/c1-4-19-8-7-13(18-19)10-17-16(21)15-9-11(2)20(12(15)3)14-5-6-14/h7-9,14H,4-6,10H2,1-3H3,(H,17,21). The van der Waals surface area contributed by atoms with Gasteiger partial charge in [0.2, 0.25) is 0 Å². The fourth-order valence-corrected chi connectivity index (χ4v) is 2.84. The molecule has 1 fully saturated rings. The van der Waals surface area contributed by atoms with E-state index in [9.17, 15) is 4.79 Å². The lowest BCUT2D eigenvalue weighted by atomic mass is 10.2. The number of amides is 1. The third-order valence-electron chi connectivity index (χ3n) is 4.09. The van der Waals surface area contributed by atoms with Gasteiger partial charge in [-0.25, -0.2) is 0 Å². The number of hydrogen-bond donors (Lipinski definition) is 1. The predicted molar refractivity (Wildman–Crippen MR) is 81.2 cm³/mol. The van der Waals surface area contributed by atoms with E-state index in [-0.39, 0.29) is 5.91 Å². The van der Waals surface area contributed by atoms with E-state index < -0.39 is 0 Å². The Bertz CT molecular complexity index is 664. The summed E-state index contributed by atoms with van der Waals surface area (Å²) in [6, 6.07) is 4.54. The van der Waals surface area contributed by atoms with Gasteiger partial charge in [0.05, 0.1) is 17.8 Å². The molecule has 0 bridgehead atoms. The van der Waals surface area contributed by atoms with Crippen LogP contribution in [0.1, 0.15) is 53.2 Å². The lowest BCUT2D eigenvalue weighted by molar-refractivity contribution is 0.0949. The number of nitrogens with zero attached hydrogens (tertiary/aromatic N) is 3. The molecule has 2 aromatic heterocycles. The summed E-state index contributed by atoms with van der Waals surface area (Å²) in [7, 11) is 0. The number of rotatable bonds is 5. The summed E-state index contributed by atoms with van der Waals surface area (Å²) in [4.78, 5) is 12.4. The summed E-state index contributed by atoms with van der Waals surface area (Å²) in [5.41, 5.74) is 3.93. The van der Waals surface area contributed by atoms with E-state index in [2.05, 4.69) is 21.9 Å². The first-order valence-corrected chi connectivity index (χ1v) is 7.59. The van der Waals surface area contributed by atoms with Gasteiger partial charge in [0, 0.05) is 30.2 Å². The van der Waals surface area contributed by atoms with Crippen LogP contribution >= 0.6 is 0 Å². The smallest absolute Gasteiger partial charge is 0.253 e. The zero-order valence-corrected chi connectivity index (χ0v) is 12.9. The Morgan fingerprint density at radius 3 is 2.81 bits per heavy atom. The SMILES string of the molecule is CCn1ccc(CNC(=O)c2cc(C)n(C3CC3)c2C)n1. The van der Waals surface area contributed by atoms with Crippen molar-refractivity contribution in [3.63, 3.8) is 0 Å². The van der Waals surface area contributed by atoms with E-state index in [4.69, 9.17) is 0 Å². The van der Waals surface area contributed by atoms with Gasteiger partial charge in [-0.1, -0.05) is 0 Å². The van der Waals surface area contributed by atoms with Crippen molar-refractivity contribution >= 4 is 5.91 Å². The Morgan fingerprint density at radius 2 is 2.19 bits per heavy atom. The summed E-state index contributed by atoms with van der Waals surface area (Å²) in [5.74, 6) is -0.0129. The Kier molecular flexibility index (Phi) is 3.57. The van der Waals surface area contributed by atoms with E-state index in [1.165, 1.54) is 18.5 Å². The van der Waals surface area contributed by atoms with Crippen molar-refractivity contribution in [3.05, 3.63) is 41.0 Å². The molecular weight excluding hydrogens is 264 g/mol. The maximum atomic E-state index is 12.4. The minimum atomic E-state index is -0.0129. The van der Waals surface area contributed by atoms with E-state index in [0.717, 1.165) is 23.5 Å². The highest BCUT2D eigenvalue weighted by molar-refractivity contribution is 5.95. The van der Waals surface area contributed by atoms with Gasteiger partial charge < -0.3 is 9.88 Å². The van der Waals surface area contributed by atoms with Gasteiger partial charge in [0.1, 0.15) is 0 Å². The second-order valence-electron chi connectivity index (χ2n) is 5.73. The van der Waals surface area contributed by atoms with Crippen LogP contribution in [0.4, 0.5) is 0 Å². The second kappa shape index (κ2) is 5.39. The molecule has 3 rings (SSSR count). The van der Waals surface area contributed by atoms with Gasteiger partial charge in [0.15, 0.2) is 0 Å². The van der Waals surface area contributed by atoms with Crippen LogP contribution in [0.3, 0.4) is 0 Å². The van der Waals surface area contributed by atoms with Crippen LogP contribution in [0.5, 0.6) is 0 Å². The van der Waals surface area contributed by atoms with Crippen molar-refractivity contribution in [3.8, 4) is 0 Å². The number of carbonyl (C=O) groups excluding carboxylic acids is 1. The highest BCUT2D eigenvalue weighted by Gasteiger charge is 2.28. The summed E-state index contributed by atoms with van der Waals surface area (Å²) in [6.45, 7) is 7.47. The van der Waals surface area contributed by atoms with Gasteiger partial charge in [-0.15, -0.1) is 0 Å². The van der Waals surface area contributed by atoms with Crippen LogP contribution in [0.25, 0.3) is 0 Å². The molecule has 1 saturated carbocycles. The van der Waals surface area contributed by atoms with Crippen LogP contribution < -0.4 is 5.32 Å². The quantitative estimate of drug-likeness (QED) is 0.918. The Hall–Kier alpha value is -2.04. The van der Waals surface area contributed by atoms with E-state index >= 15 is 0 Å². The van der Waals surface area contributed by atoms with Crippen molar-refractivity contribution in [2.75, 3.05) is 0 Å². The molecule has 1 aliphatic carbocycles. The Labute approximate surface area is 125 Å². The first kappa shape index (κ1) is 13.9. The number of aryl methyl sites for hydroxylation is 2. The zero-order valence-electron chi connectivity index (χ0n) is 12.9. The van der Waals surface area contributed by atoms with Crippen molar-refractivity contribution in [1.29, 1.82) is 0 Å². The predicted octanol–water partition coefficient (Wildman–Crippen LogP) is 2.59. The first-order chi connectivity index (χ1) is 10.1. The topological polar surface area (TPSA) is 51.9 Å². The highest BCUT2D eigenvalue weighted by Crippen LogP contribution is 2.38. The molecule has 5 nitrogen and oxygen atoms in total. The van der Waals surface area contributed by atoms with Crippen molar-refractivity contribution in [1.82, 2.24) is 19.7 Å². The molecule has 1 aliphatic rings. The maximum Gasteiger partial charge on any atom is 0.253 e. The lowest BCUT2D eigenvalue weighted by Crippen LogP contribution is -2.23. The molecule has 0 aliphatic heterocycles. The van der Waals surface area contributed by atoms with Crippen molar-refractivity contribution < 1.29 is 4.79 Å². The monoisotopic (exact) mass is 286 g/mol. The van der Waals surface area contributed by atoms with E-state index in [1.54, 1.807) is 0 Å². The lowest BCUT2D eigenvalue weighted by Gasteiger charge is -2.08. The first-order valence-electron chi connectivity index (χ1n) is 7.59. The van der Waals surface area contributed by atoms with Crippen molar-refractivity contribution in [2.45, 2.75) is 52.7 Å². The molecule has 0 unspecified atom stereocenters. The molecule has 5 heteroatoms. The van der Waals surface area contributed by atoms with E-state index in [1.807, 2.05) is 36.9 Å². The molecule has 21 heavy (non-hydrogen) atoms. The molecule has 0 atom stereocenters. The molecule has 0 spiro atoms. The second-order valence-corrected chi connectivity index (χ2v) is 5.73. The number of carbonyl (C=O) groups is 1. The molecular formula is C16H22N4O. The summed E-state index contributed by atoms with van der Waals surface area (Å²) < 4.78 is 4.15. The van der Waals surface area contributed by atoms with Gasteiger partial charge in [-0.05, 0) is 45.7 Å². The van der Waals surface area contributed by atoms with Crippen LogP contribution in [0.2, 0.25) is 0 Å². The number of aromatic nitrogens is 3. The molecule has 0 saturated heterocycles. The van der Waals surface area contributed by atoms with Crippen molar-refractivity contribution in [2.24, 2.45) is 0 Å². The van der Waals surface area contributed by atoms with Gasteiger partial charge in [-0.2, -0.15) is 5.10 Å². The highest BCUT2D eigenvalue weighted by atomic mass is 16.1. The molecule has 112 valence electrons. The normalized spacial score (nSPS) is 14.4. The molecule has 1 amide bonds.